The molecule has 4 rings (SSSR count). The van der Waals surface area contributed by atoms with E-state index >= 15 is 0 Å². The monoisotopic (exact) mass is 527 g/mol. The summed E-state index contributed by atoms with van der Waals surface area (Å²) in [6.45, 7) is 5.67. The molecule has 3 saturated heterocycles. The summed E-state index contributed by atoms with van der Waals surface area (Å²) in [4.78, 5) is 29.8. The quantitative estimate of drug-likeness (QED) is 0.548. The van der Waals surface area contributed by atoms with Gasteiger partial charge in [0, 0.05) is 64.1 Å². The zero-order valence-electron chi connectivity index (χ0n) is 19.5. The van der Waals surface area contributed by atoms with Crippen molar-refractivity contribution >= 4 is 12.0 Å². The number of rotatable bonds is 5. The van der Waals surface area contributed by atoms with Crippen LogP contribution in [0.15, 0.2) is 6.20 Å². The number of hydrogen-bond donors (Lipinski definition) is 0. The predicted octanol–water partition coefficient (Wildman–Crippen LogP) is 2.37. The first kappa shape index (κ1) is 26.5. The number of morpholine rings is 1. The van der Waals surface area contributed by atoms with Crippen LogP contribution in [-0.2, 0) is 22.6 Å². The Morgan fingerprint density at radius 1 is 1.03 bits per heavy atom. The first-order chi connectivity index (χ1) is 16.9. The van der Waals surface area contributed by atoms with Crippen molar-refractivity contribution < 1.29 is 45.4 Å². The maximum Gasteiger partial charge on any atom is 0.434 e. The molecule has 2 atom stereocenters. The molecular weight excluding hydrogens is 500 g/mol. The van der Waals surface area contributed by atoms with Crippen LogP contribution in [0.3, 0.4) is 0 Å². The molecule has 0 N–H and O–H groups in total. The topological polar surface area (TPSA) is 80.1 Å². The van der Waals surface area contributed by atoms with Crippen LogP contribution in [0.1, 0.15) is 23.0 Å². The Bertz CT molecular complexity index is 934. The van der Waals surface area contributed by atoms with Gasteiger partial charge >= 0.3 is 18.4 Å². The fourth-order valence-electron chi connectivity index (χ4n) is 4.94. The fourth-order valence-corrected chi connectivity index (χ4v) is 4.94. The van der Waals surface area contributed by atoms with Gasteiger partial charge in [-0.3, -0.25) is 14.4 Å². The second-order valence-corrected chi connectivity index (χ2v) is 9.23. The number of fused-ring (bicyclic) bond motifs is 1. The Labute approximate surface area is 202 Å². The van der Waals surface area contributed by atoms with Crippen LogP contribution in [0.25, 0.3) is 0 Å². The number of nitrogens with zero attached hydrogens (tertiary/aromatic N) is 5. The van der Waals surface area contributed by atoms with E-state index in [-0.39, 0.29) is 30.8 Å². The Balaban J connectivity index is 1.36. The highest BCUT2D eigenvalue weighted by atomic mass is 19.4. The Morgan fingerprint density at radius 2 is 1.61 bits per heavy atom. The highest BCUT2D eigenvalue weighted by Crippen LogP contribution is 2.37. The fraction of sp³-hybridized carbons (Fsp3) is 0.762. The summed E-state index contributed by atoms with van der Waals surface area (Å²) in [5.41, 5.74) is 1.09. The van der Waals surface area contributed by atoms with E-state index in [1.54, 1.807) is 15.8 Å². The molecule has 0 aromatic carbocycles. The molecule has 2 unspecified atom stereocenters. The van der Waals surface area contributed by atoms with E-state index in [1.165, 1.54) is 0 Å². The minimum Gasteiger partial charge on any atom is -0.426 e. The Morgan fingerprint density at radius 3 is 2.14 bits per heavy atom. The van der Waals surface area contributed by atoms with Gasteiger partial charge in [-0.25, -0.2) is 4.79 Å². The smallest absolute Gasteiger partial charge is 0.426 e. The van der Waals surface area contributed by atoms with Crippen LogP contribution in [0.5, 0.6) is 0 Å². The number of halogens is 6. The maximum absolute atomic E-state index is 13.0. The molecule has 1 aromatic heterocycles. The minimum atomic E-state index is -5.75. The molecule has 0 aliphatic carbocycles. The SMILES string of the molecule is CCn1cc(CN2CC3CN(C(=O)OC(C(F)(F)F)C(F)(F)F)CC3C2)c(C(=O)N2CCOCC2)n1. The molecule has 36 heavy (non-hydrogen) atoms. The molecule has 202 valence electrons. The first-order valence-corrected chi connectivity index (χ1v) is 11.6. The van der Waals surface area contributed by atoms with Crippen LogP contribution < -0.4 is 0 Å². The lowest BCUT2D eigenvalue weighted by atomic mass is 10.0. The lowest BCUT2D eigenvalue weighted by Crippen LogP contribution is -2.48. The van der Waals surface area contributed by atoms with E-state index in [9.17, 15) is 35.9 Å². The van der Waals surface area contributed by atoms with Gasteiger partial charge in [0.2, 0.25) is 0 Å². The van der Waals surface area contributed by atoms with Crippen molar-refractivity contribution in [3.63, 3.8) is 0 Å². The molecule has 1 aromatic rings. The highest BCUT2D eigenvalue weighted by molar-refractivity contribution is 5.93. The van der Waals surface area contributed by atoms with Crippen LogP contribution in [0.4, 0.5) is 31.1 Å². The zero-order valence-corrected chi connectivity index (χ0v) is 19.5. The molecule has 3 aliphatic rings. The molecule has 4 heterocycles. The van der Waals surface area contributed by atoms with E-state index in [2.05, 4.69) is 14.7 Å². The second kappa shape index (κ2) is 10.1. The van der Waals surface area contributed by atoms with Crippen molar-refractivity contribution in [3.05, 3.63) is 17.5 Å². The average molecular weight is 527 g/mol. The van der Waals surface area contributed by atoms with Gasteiger partial charge in [-0.2, -0.15) is 31.4 Å². The largest absolute Gasteiger partial charge is 0.434 e. The van der Waals surface area contributed by atoms with Crippen molar-refractivity contribution in [1.82, 2.24) is 24.5 Å². The lowest BCUT2D eigenvalue weighted by molar-refractivity contribution is -0.308. The van der Waals surface area contributed by atoms with Crippen molar-refractivity contribution in [1.29, 1.82) is 0 Å². The van der Waals surface area contributed by atoms with E-state index in [0.29, 0.717) is 58.2 Å². The molecule has 0 radical (unpaired) electrons. The van der Waals surface area contributed by atoms with E-state index < -0.39 is 24.5 Å². The Kier molecular flexibility index (Phi) is 7.42. The van der Waals surface area contributed by atoms with Crippen molar-refractivity contribution in [2.45, 2.75) is 38.5 Å². The van der Waals surface area contributed by atoms with Gasteiger partial charge in [0.15, 0.2) is 5.69 Å². The van der Waals surface area contributed by atoms with Crippen LogP contribution in [-0.4, -0.2) is 107 Å². The molecule has 0 saturated carbocycles. The van der Waals surface area contributed by atoms with Gasteiger partial charge in [0.1, 0.15) is 0 Å². The van der Waals surface area contributed by atoms with Gasteiger partial charge in [0.25, 0.3) is 12.0 Å². The number of hydrogen-bond acceptors (Lipinski definition) is 6. The number of amides is 2. The molecular formula is C21H27F6N5O4. The van der Waals surface area contributed by atoms with Gasteiger partial charge < -0.3 is 19.3 Å². The molecule has 9 nitrogen and oxygen atoms in total. The number of alkyl halides is 6. The summed E-state index contributed by atoms with van der Waals surface area (Å²) in [7, 11) is 0. The number of ether oxygens (including phenoxy) is 2. The summed E-state index contributed by atoms with van der Waals surface area (Å²) in [5.74, 6) is -0.447. The zero-order chi connectivity index (χ0) is 26.3. The summed E-state index contributed by atoms with van der Waals surface area (Å²) in [6, 6.07) is 0. The molecule has 2 amide bonds. The summed E-state index contributed by atoms with van der Waals surface area (Å²) in [6.07, 6.45) is -15.5. The van der Waals surface area contributed by atoms with Gasteiger partial charge in [-0.15, -0.1) is 0 Å². The first-order valence-electron chi connectivity index (χ1n) is 11.6. The lowest BCUT2D eigenvalue weighted by Gasteiger charge is -2.27. The van der Waals surface area contributed by atoms with Gasteiger partial charge in [-0.1, -0.05) is 0 Å². The third-order valence-electron chi connectivity index (χ3n) is 6.69. The van der Waals surface area contributed by atoms with Gasteiger partial charge in [-0.05, 0) is 18.8 Å². The van der Waals surface area contributed by atoms with Crippen molar-refractivity contribution in [2.24, 2.45) is 11.8 Å². The minimum absolute atomic E-state index is 0.00375. The van der Waals surface area contributed by atoms with Crippen molar-refractivity contribution in [2.75, 3.05) is 52.5 Å². The number of aromatic nitrogens is 2. The van der Waals surface area contributed by atoms with E-state index in [1.807, 2.05) is 6.92 Å². The Hall–Kier alpha value is -2.55. The molecule has 15 heteroatoms. The standard InChI is InChI=1S/C21H27F6N5O4/c1-2-32-12-15(16(28-32)17(33)30-3-5-35-6-4-30)9-29-7-13-10-31(11-14(13)8-29)19(34)36-18(20(22,23)24)21(25,26)27/h12-14,18H,2-11H2,1H3. The van der Waals surface area contributed by atoms with Crippen LogP contribution >= 0.6 is 0 Å². The summed E-state index contributed by atoms with van der Waals surface area (Å²) in [5, 5.41) is 4.43. The number of likely N-dealkylation sites (tertiary alicyclic amines) is 2. The molecule has 3 aliphatic heterocycles. The number of aryl methyl sites for hydroxylation is 1. The highest BCUT2D eigenvalue weighted by Gasteiger charge is 2.60. The van der Waals surface area contributed by atoms with E-state index in [0.717, 1.165) is 10.5 Å². The average Bonchev–Trinajstić information content (AvgIpc) is 3.49. The van der Waals surface area contributed by atoms with Crippen LogP contribution in [0, 0.1) is 11.8 Å². The molecule has 0 bridgehead atoms. The number of carbonyl (C=O) groups excluding carboxylic acids is 2. The second-order valence-electron chi connectivity index (χ2n) is 9.23. The predicted molar refractivity (Wildman–Crippen MR) is 111 cm³/mol. The van der Waals surface area contributed by atoms with Crippen molar-refractivity contribution in [3.8, 4) is 0 Å². The normalized spacial score (nSPS) is 23.4. The third-order valence-corrected chi connectivity index (χ3v) is 6.69. The summed E-state index contributed by atoms with van der Waals surface area (Å²) >= 11 is 0. The third kappa shape index (κ3) is 5.71. The molecule has 3 fully saturated rings. The number of carbonyl (C=O) groups is 2. The van der Waals surface area contributed by atoms with Crippen LogP contribution in [0.2, 0.25) is 0 Å². The van der Waals surface area contributed by atoms with E-state index in [4.69, 9.17) is 4.74 Å². The molecule has 0 spiro atoms. The maximum atomic E-state index is 13.0. The summed E-state index contributed by atoms with van der Waals surface area (Å²) < 4.78 is 87.2. The van der Waals surface area contributed by atoms with Gasteiger partial charge in [0.05, 0.1) is 13.2 Å².